The van der Waals surface area contributed by atoms with E-state index in [9.17, 15) is 14.4 Å². The van der Waals surface area contributed by atoms with E-state index in [2.05, 4.69) is 4.98 Å². The Morgan fingerprint density at radius 3 is 2.77 bits per heavy atom. The SMILES string of the molecule is COc1cc(-c2cc([C@@H](C(=O)N3C[C@H](Cl)[C@H]4OCC(=O)[C@H]43)C3CCCCC3)c(C(N)=O)s2)ccn1. The average molecular weight is 518 g/mol. The number of Topliss-reactive ketones (excluding diaryl/α,β-unsaturated/α-hetero) is 1. The number of thiophene rings is 1. The fraction of sp³-hybridized carbons (Fsp3) is 0.520. The molecule has 0 unspecified atom stereocenters. The third kappa shape index (κ3) is 4.45. The number of alkyl halides is 1. The third-order valence-corrected chi connectivity index (χ3v) is 8.94. The molecule has 4 atom stereocenters. The van der Waals surface area contributed by atoms with Crippen molar-refractivity contribution < 1.29 is 23.9 Å². The van der Waals surface area contributed by atoms with Gasteiger partial charge in [0.1, 0.15) is 18.8 Å². The van der Waals surface area contributed by atoms with Gasteiger partial charge in [-0.15, -0.1) is 22.9 Å². The lowest BCUT2D eigenvalue weighted by Crippen LogP contribution is -2.46. The molecule has 2 N–H and O–H groups in total. The Kier molecular flexibility index (Phi) is 6.83. The molecule has 10 heteroatoms. The summed E-state index contributed by atoms with van der Waals surface area (Å²) in [5.41, 5.74) is 7.28. The molecule has 3 aliphatic rings. The first-order valence-electron chi connectivity index (χ1n) is 11.9. The summed E-state index contributed by atoms with van der Waals surface area (Å²) in [6.07, 6.45) is 6.06. The van der Waals surface area contributed by atoms with Gasteiger partial charge in [-0.1, -0.05) is 19.3 Å². The number of carbonyl (C=O) groups excluding carboxylic acids is 3. The van der Waals surface area contributed by atoms with E-state index in [1.165, 1.54) is 11.3 Å². The summed E-state index contributed by atoms with van der Waals surface area (Å²) < 4.78 is 10.8. The number of aromatic nitrogens is 1. The number of ketones is 1. The summed E-state index contributed by atoms with van der Waals surface area (Å²) in [6.45, 7) is 0.213. The van der Waals surface area contributed by atoms with Gasteiger partial charge in [-0.3, -0.25) is 14.4 Å². The molecular formula is C25H28ClN3O5S. The van der Waals surface area contributed by atoms with Crippen LogP contribution in [-0.4, -0.2) is 65.3 Å². The van der Waals surface area contributed by atoms with Crippen molar-refractivity contribution in [2.24, 2.45) is 11.7 Å². The number of ether oxygens (including phenoxy) is 2. The van der Waals surface area contributed by atoms with Gasteiger partial charge >= 0.3 is 0 Å². The largest absolute Gasteiger partial charge is 0.481 e. The second kappa shape index (κ2) is 9.87. The highest BCUT2D eigenvalue weighted by atomic mass is 35.5. The Labute approximate surface area is 212 Å². The number of likely N-dealkylation sites (tertiary alicyclic amines) is 1. The van der Waals surface area contributed by atoms with Gasteiger partial charge in [-0.25, -0.2) is 4.98 Å². The molecule has 8 nitrogen and oxygen atoms in total. The molecule has 2 amide bonds. The first-order valence-corrected chi connectivity index (χ1v) is 13.2. The molecule has 4 heterocycles. The van der Waals surface area contributed by atoms with Crippen LogP contribution in [0.4, 0.5) is 0 Å². The second-order valence-corrected chi connectivity index (χ2v) is 11.0. The molecule has 1 aliphatic carbocycles. The maximum Gasteiger partial charge on any atom is 0.259 e. The molecule has 0 bridgehead atoms. The van der Waals surface area contributed by atoms with E-state index >= 15 is 0 Å². The van der Waals surface area contributed by atoms with Crippen LogP contribution in [0.25, 0.3) is 10.4 Å². The molecule has 0 spiro atoms. The number of hydrogen-bond donors (Lipinski definition) is 1. The summed E-state index contributed by atoms with van der Waals surface area (Å²) in [7, 11) is 1.54. The third-order valence-electron chi connectivity index (χ3n) is 7.34. The van der Waals surface area contributed by atoms with E-state index < -0.39 is 29.3 Å². The van der Waals surface area contributed by atoms with Crippen LogP contribution in [0, 0.1) is 5.92 Å². The number of nitrogens with zero attached hydrogens (tertiary/aromatic N) is 2. The maximum absolute atomic E-state index is 14.2. The maximum atomic E-state index is 14.2. The van der Waals surface area contributed by atoms with Crippen LogP contribution < -0.4 is 10.5 Å². The van der Waals surface area contributed by atoms with Gasteiger partial charge in [-0.2, -0.15) is 0 Å². The van der Waals surface area contributed by atoms with Crippen LogP contribution in [0.15, 0.2) is 24.4 Å². The van der Waals surface area contributed by atoms with Crippen molar-refractivity contribution >= 4 is 40.5 Å². The standard InChI is InChI=1S/C25H28ClN3O5S/c1-33-19-9-14(7-8-28-19)18-10-15(23(35-18)24(27)31)20(13-5-3-2-4-6-13)25(32)29-11-16(26)22-21(29)17(30)12-34-22/h7-10,13,16,20-22H,2-6,11-12H2,1H3,(H2,27,31)/t16-,20-,21+,22+/m0/s1. The van der Waals surface area contributed by atoms with Gasteiger partial charge in [0.2, 0.25) is 11.8 Å². The Morgan fingerprint density at radius 2 is 2.06 bits per heavy atom. The number of carbonyl (C=O) groups is 3. The Balaban J connectivity index is 1.58. The number of pyridine rings is 1. The number of rotatable bonds is 6. The van der Waals surface area contributed by atoms with Gasteiger partial charge < -0.3 is 20.1 Å². The quantitative estimate of drug-likeness (QED) is 0.588. The van der Waals surface area contributed by atoms with Gasteiger partial charge in [0.05, 0.1) is 23.3 Å². The number of nitrogens with two attached hydrogens (primary N) is 1. The molecule has 1 saturated carbocycles. The molecule has 2 aliphatic heterocycles. The van der Waals surface area contributed by atoms with E-state index in [-0.39, 0.29) is 30.8 Å². The Morgan fingerprint density at radius 1 is 1.29 bits per heavy atom. The average Bonchev–Trinajstić information content (AvgIpc) is 3.56. The van der Waals surface area contributed by atoms with Crippen LogP contribution >= 0.6 is 22.9 Å². The van der Waals surface area contributed by atoms with Crippen molar-refractivity contribution in [2.75, 3.05) is 20.3 Å². The molecule has 2 saturated heterocycles. The van der Waals surface area contributed by atoms with Gasteiger partial charge in [0.25, 0.3) is 5.91 Å². The predicted molar refractivity (Wildman–Crippen MR) is 132 cm³/mol. The molecule has 0 aromatic carbocycles. The molecule has 186 valence electrons. The lowest BCUT2D eigenvalue weighted by molar-refractivity contribution is -0.139. The second-order valence-electron chi connectivity index (χ2n) is 9.42. The van der Waals surface area contributed by atoms with Crippen LogP contribution in [0.3, 0.4) is 0 Å². The number of hydrogen-bond acceptors (Lipinski definition) is 7. The fourth-order valence-corrected chi connectivity index (χ4v) is 7.12. The zero-order chi connectivity index (χ0) is 24.7. The molecule has 2 aromatic heterocycles. The highest BCUT2D eigenvalue weighted by Gasteiger charge is 2.53. The molecule has 0 radical (unpaired) electrons. The van der Waals surface area contributed by atoms with Crippen LogP contribution in [-0.2, 0) is 14.3 Å². The fourth-order valence-electron chi connectivity index (χ4n) is 5.70. The van der Waals surface area contributed by atoms with Gasteiger partial charge in [0.15, 0.2) is 5.78 Å². The van der Waals surface area contributed by atoms with Crippen molar-refractivity contribution in [3.63, 3.8) is 0 Å². The van der Waals surface area contributed by atoms with Crippen molar-refractivity contribution in [1.29, 1.82) is 0 Å². The lowest BCUT2D eigenvalue weighted by atomic mass is 9.75. The van der Waals surface area contributed by atoms with Crippen molar-refractivity contribution in [2.45, 2.75) is 55.5 Å². The Bertz CT molecular complexity index is 1150. The van der Waals surface area contributed by atoms with Crippen molar-refractivity contribution in [3.8, 4) is 16.3 Å². The van der Waals surface area contributed by atoms with Gasteiger partial charge in [0, 0.05) is 23.7 Å². The van der Waals surface area contributed by atoms with E-state index in [1.807, 2.05) is 12.1 Å². The first-order chi connectivity index (χ1) is 16.9. The lowest BCUT2D eigenvalue weighted by Gasteiger charge is -2.34. The van der Waals surface area contributed by atoms with Gasteiger partial charge in [-0.05, 0) is 42.0 Å². The zero-order valence-corrected chi connectivity index (χ0v) is 21.0. The number of methoxy groups -OCH3 is 1. The summed E-state index contributed by atoms with van der Waals surface area (Å²) in [5.74, 6) is -0.946. The summed E-state index contributed by atoms with van der Waals surface area (Å²) in [4.78, 5) is 46.3. The van der Waals surface area contributed by atoms with Crippen LogP contribution in [0.1, 0.15) is 53.3 Å². The number of amides is 2. The monoisotopic (exact) mass is 517 g/mol. The number of halogens is 1. The minimum atomic E-state index is -0.671. The molecule has 2 aromatic rings. The van der Waals surface area contributed by atoms with E-state index in [1.54, 1.807) is 24.3 Å². The normalized spacial score (nSPS) is 25.5. The van der Waals surface area contributed by atoms with E-state index in [0.717, 1.165) is 42.5 Å². The van der Waals surface area contributed by atoms with Crippen LogP contribution in [0.5, 0.6) is 5.88 Å². The first kappa shape index (κ1) is 24.2. The molecule has 5 rings (SSSR count). The minimum absolute atomic E-state index is 0.0323. The minimum Gasteiger partial charge on any atom is -0.481 e. The highest BCUT2D eigenvalue weighted by Crippen LogP contribution is 2.45. The van der Waals surface area contributed by atoms with Crippen molar-refractivity contribution in [1.82, 2.24) is 9.88 Å². The molecular weight excluding hydrogens is 490 g/mol. The van der Waals surface area contributed by atoms with Crippen molar-refractivity contribution in [3.05, 3.63) is 34.8 Å². The summed E-state index contributed by atoms with van der Waals surface area (Å²) >= 11 is 7.75. The number of primary amides is 1. The topological polar surface area (TPSA) is 112 Å². The summed E-state index contributed by atoms with van der Waals surface area (Å²) in [6, 6.07) is 4.85. The predicted octanol–water partition coefficient (Wildman–Crippen LogP) is 3.37. The zero-order valence-electron chi connectivity index (χ0n) is 19.4. The van der Waals surface area contributed by atoms with E-state index in [0.29, 0.717) is 16.3 Å². The molecule has 3 fully saturated rings. The van der Waals surface area contributed by atoms with Crippen LogP contribution in [0.2, 0.25) is 0 Å². The summed E-state index contributed by atoms with van der Waals surface area (Å²) in [5, 5.41) is -0.444. The molecule has 35 heavy (non-hydrogen) atoms. The van der Waals surface area contributed by atoms with E-state index in [4.69, 9.17) is 26.8 Å². The number of fused-ring (bicyclic) bond motifs is 1. The smallest absolute Gasteiger partial charge is 0.259 e. The Hall–Kier alpha value is -2.49. The highest BCUT2D eigenvalue weighted by molar-refractivity contribution is 7.17.